The Morgan fingerprint density at radius 3 is 2.38 bits per heavy atom. The second kappa shape index (κ2) is 10.3. The zero-order valence-corrected chi connectivity index (χ0v) is 20.4. The zero-order valence-electron chi connectivity index (χ0n) is 19.6. The minimum Gasteiger partial charge on any atom is -0.339 e. The van der Waals surface area contributed by atoms with E-state index >= 15 is 0 Å². The van der Waals surface area contributed by atoms with Crippen LogP contribution in [0.4, 0.5) is 0 Å². The van der Waals surface area contributed by atoms with Crippen molar-refractivity contribution in [3.8, 4) is 0 Å². The Bertz CT molecular complexity index is 1050. The van der Waals surface area contributed by atoms with Crippen LogP contribution in [0.2, 0.25) is 5.02 Å². The van der Waals surface area contributed by atoms with Crippen LogP contribution in [0.1, 0.15) is 74.1 Å². The molecule has 0 saturated carbocycles. The maximum Gasteiger partial charge on any atom is 0.253 e. The van der Waals surface area contributed by atoms with Crippen LogP contribution in [-0.4, -0.2) is 28.9 Å². The van der Waals surface area contributed by atoms with Crippen molar-refractivity contribution in [1.82, 2.24) is 9.88 Å². The van der Waals surface area contributed by atoms with E-state index in [1.165, 1.54) is 6.42 Å². The summed E-state index contributed by atoms with van der Waals surface area (Å²) in [4.78, 5) is 19.3. The first-order valence-electron chi connectivity index (χ1n) is 11.3. The monoisotopic (exact) mass is 448 g/mol. The lowest BCUT2D eigenvalue weighted by atomic mass is 9.89. The highest BCUT2D eigenvalue weighted by atomic mass is 35.5. The highest BCUT2D eigenvalue weighted by Crippen LogP contribution is 2.31. The van der Waals surface area contributed by atoms with Crippen LogP contribution in [0.5, 0.6) is 0 Å². The third-order valence-electron chi connectivity index (χ3n) is 5.87. The van der Waals surface area contributed by atoms with Gasteiger partial charge in [-0.3, -0.25) is 9.78 Å². The van der Waals surface area contributed by atoms with Crippen LogP contribution in [0.3, 0.4) is 0 Å². The first-order valence-corrected chi connectivity index (χ1v) is 11.7. The molecule has 0 aliphatic carbocycles. The topological polar surface area (TPSA) is 33.2 Å². The Kier molecular flexibility index (Phi) is 7.73. The lowest BCUT2D eigenvalue weighted by Gasteiger charge is -2.27. The van der Waals surface area contributed by atoms with E-state index in [0.717, 1.165) is 53.9 Å². The smallest absolute Gasteiger partial charge is 0.253 e. The molecule has 3 rings (SSSR count). The number of carbonyl (C=O) groups is 1. The standard InChI is InChI=1S/C28H33ClN2O/c1-6-20(22-13-14-30-26(19-22)28(3,4)5)17-21(7-2)24-12-11-23(18-25(24)29)27(32)31-15-9-8-10-16-31/h6-7,11-14,17-19H,2,8-10,15-16H2,1,3-5H3/b20-6+,21-17+. The van der Waals surface area contributed by atoms with E-state index < -0.39 is 0 Å². The molecule has 1 aliphatic heterocycles. The highest BCUT2D eigenvalue weighted by Gasteiger charge is 2.20. The van der Waals surface area contributed by atoms with E-state index in [4.69, 9.17) is 11.6 Å². The molecule has 1 saturated heterocycles. The largest absolute Gasteiger partial charge is 0.339 e. The van der Waals surface area contributed by atoms with Crippen LogP contribution in [0.15, 0.2) is 61.3 Å². The van der Waals surface area contributed by atoms with Crippen LogP contribution in [-0.2, 0) is 5.41 Å². The predicted molar refractivity (Wildman–Crippen MR) is 136 cm³/mol. The zero-order chi connectivity index (χ0) is 23.3. The third-order valence-corrected chi connectivity index (χ3v) is 6.19. The molecule has 4 heteroatoms. The summed E-state index contributed by atoms with van der Waals surface area (Å²) in [6.45, 7) is 14.1. The quantitative estimate of drug-likeness (QED) is 0.448. The van der Waals surface area contributed by atoms with Crippen molar-refractivity contribution in [2.45, 2.75) is 52.4 Å². The average Bonchev–Trinajstić information content (AvgIpc) is 2.80. The number of benzene rings is 1. The van der Waals surface area contributed by atoms with Crippen molar-refractivity contribution in [2.24, 2.45) is 0 Å². The van der Waals surface area contributed by atoms with Gasteiger partial charge in [-0.1, -0.05) is 57.2 Å². The van der Waals surface area contributed by atoms with Gasteiger partial charge in [0.1, 0.15) is 0 Å². The Labute approximate surface area is 197 Å². The fourth-order valence-corrected chi connectivity index (χ4v) is 4.22. The van der Waals surface area contributed by atoms with E-state index in [2.05, 4.69) is 50.6 Å². The van der Waals surface area contributed by atoms with Crippen LogP contribution < -0.4 is 0 Å². The maximum atomic E-state index is 12.8. The van der Waals surface area contributed by atoms with Crippen molar-refractivity contribution in [1.29, 1.82) is 0 Å². The minimum absolute atomic E-state index is 0.0279. The van der Waals surface area contributed by atoms with Gasteiger partial charge in [-0.25, -0.2) is 0 Å². The lowest BCUT2D eigenvalue weighted by Crippen LogP contribution is -2.35. The van der Waals surface area contributed by atoms with Crippen molar-refractivity contribution in [3.05, 3.63) is 88.7 Å². The fourth-order valence-electron chi connectivity index (χ4n) is 3.93. The Hall–Kier alpha value is -2.65. The van der Waals surface area contributed by atoms with Gasteiger partial charge in [0, 0.05) is 46.5 Å². The van der Waals surface area contributed by atoms with Crippen molar-refractivity contribution >= 4 is 28.7 Å². The molecule has 168 valence electrons. The van der Waals surface area contributed by atoms with Crippen molar-refractivity contribution < 1.29 is 4.79 Å². The second-order valence-electron chi connectivity index (χ2n) is 9.28. The molecular formula is C28H33ClN2O. The van der Waals surface area contributed by atoms with Gasteiger partial charge in [-0.05, 0) is 73.2 Å². The number of carbonyl (C=O) groups excluding carboxylic acids is 1. The number of rotatable bonds is 5. The van der Waals surface area contributed by atoms with Gasteiger partial charge in [0.2, 0.25) is 0 Å². The molecule has 1 fully saturated rings. The number of halogens is 1. The number of amides is 1. The third kappa shape index (κ3) is 5.58. The summed E-state index contributed by atoms with van der Waals surface area (Å²) >= 11 is 6.65. The van der Waals surface area contributed by atoms with E-state index in [1.54, 1.807) is 6.07 Å². The summed E-state index contributed by atoms with van der Waals surface area (Å²) in [7, 11) is 0. The van der Waals surface area contributed by atoms with Crippen LogP contribution in [0.25, 0.3) is 11.1 Å². The average molecular weight is 449 g/mol. The highest BCUT2D eigenvalue weighted by molar-refractivity contribution is 6.33. The molecule has 0 atom stereocenters. The molecule has 1 aliphatic rings. The van der Waals surface area contributed by atoms with E-state index in [0.29, 0.717) is 10.6 Å². The predicted octanol–water partition coefficient (Wildman–Crippen LogP) is 7.33. The van der Waals surface area contributed by atoms with Gasteiger partial charge in [-0.15, -0.1) is 0 Å². The number of nitrogens with zero attached hydrogens (tertiary/aromatic N) is 2. The molecule has 2 heterocycles. The number of hydrogen-bond acceptors (Lipinski definition) is 2. The summed E-state index contributed by atoms with van der Waals surface area (Å²) in [6, 6.07) is 9.73. The Balaban J connectivity index is 1.91. The summed E-state index contributed by atoms with van der Waals surface area (Å²) in [6.07, 6.45) is 11.2. The van der Waals surface area contributed by atoms with E-state index in [9.17, 15) is 4.79 Å². The van der Waals surface area contributed by atoms with Crippen molar-refractivity contribution in [3.63, 3.8) is 0 Å². The molecule has 0 radical (unpaired) electrons. The van der Waals surface area contributed by atoms with E-state index in [-0.39, 0.29) is 11.3 Å². The Morgan fingerprint density at radius 1 is 1.06 bits per heavy atom. The molecule has 1 amide bonds. The van der Waals surface area contributed by atoms with Gasteiger partial charge in [0.25, 0.3) is 5.91 Å². The number of likely N-dealkylation sites (tertiary alicyclic amines) is 1. The second-order valence-corrected chi connectivity index (χ2v) is 9.68. The maximum absolute atomic E-state index is 12.8. The van der Waals surface area contributed by atoms with Gasteiger partial charge in [0.15, 0.2) is 0 Å². The molecule has 32 heavy (non-hydrogen) atoms. The first kappa shape index (κ1) is 24.0. The first-order chi connectivity index (χ1) is 15.2. The molecule has 1 aromatic heterocycles. The molecule has 0 spiro atoms. The SMILES string of the molecule is C=C/C(=C\C(=C/C)c1ccnc(C(C)(C)C)c1)c1ccc(C(=O)N2CCCCC2)cc1Cl. The molecule has 0 N–H and O–H groups in total. The number of aromatic nitrogens is 1. The summed E-state index contributed by atoms with van der Waals surface area (Å²) in [5, 5.41) is 0.555. The van der Waals surface area contributed by atoms with Gasteiger partial charge >= 0.3 is 0 Å². The molecule has 0 unspecified atom stereocenters. The lowest BCUT2D eigenvalue weighted by molar-refractivity contribution is 0.0724. The molecular weight excluding hydrogens is 416 g/mol. The normalized spacial score (nSPS) is 15.6. The fraction of sp³-hybridized carbons (Fsp3) is 0.357. The Morgan fingerprint density at radius 2 is 1.78 bits per heavy atom. The molecule has 2 aromatic rings. The summed E-state index contributed by atoms with van der Waals surface area (Å²) in [5.41, 5.74) is 5.59. The minimum atomic E-state index is -0.0279. The van der Waals surface area contributed by atoms with Crippen molar-refractivity contribution in [2.75, 3.05) is 13.1 Å². The van der Waals surface area contributed by atoms with Gasteiger partial charge in [-0.2, -0.15) is 0 Å². The summed E-state index contributed by atoms with van der Waals surface area (Å²) < 4.78 is 0. The molecule has 3 nitrogen and oxygen atoms in total. The van der Waals surface area contributed by atoms with Gasteiger partial charge < -0.3 is 4.90 Å². The summed E-state index contributed by atoms with van der Waals surface area (Å²) in [5.74, 6) is 0.0583. The van der Waals surface area contributed by atoms with Gasteiger partial charge in [0.05, 0.1) is 0 Å². The molecule has 0 bridgehead atoms. The number of hydrogen-bond donors (Lipinski definition) is 0. The molecule has 1 aromatic carbocycles. The number of allylic oxidation sites excluding steroid dienone is 5. The number of piperidine rings is 1. The number of pyridine rings is 1. The van der Waals surface area contributed by atoms with E-state index in [1.807, 2.05) is 42.3 Å². The van der Waals surface area contributed by atoms with Crippen LogP contribution >= 0.6 is 11.6 Å². The van der Waals surface area contributed by atoms with Crippen LogP contribution in [0, 0.1) is 0 Å².